The summed E-state index contributed by atoms with van der Waals surface area (Å²) in [6.45, 7) is 8.40. The number of benzene rings is 2. The van der Waals surface area contributed by atoms with Gasteiger partial charge in [0.05, 0.1) is 42.3 Å². The van der Waals surface area contributed by atoms with Gasteiger partial charge in [0, 0.05) is 74.6 Å². The fourth-order valence-electron chi connectivity index (χ4n) is 12.6. The maximum atomic E-state index is 16.0. The standard InChI is InChI=1S/C67H94ClF8N11O11/c1-15-39(5)55-61(96)82(10)35-53(90)80(8)36-54(91)85(13)49(32-43-19-23-44(24-20-43)66(71,72)73)60(95)81(9)34-51(88)77-47(26-22-42-21-25-45(46(68)31-42)67(74,75)76)59(94)87-37-65(69,70)33-50(87)58(93)79-64(27-17-18-28-64)63(98)86(14)56(40(6)16-2)62(97)83(11)41(7)30-52(89)84(12)48(29-38(3)4)57(92)78-55/h19-21,23-25,31,38-41,47-50,55-56H,15-18,22,26-30,32-37H2,1-14H3,(H,77,88)(H,78,92)(H,79,93)/t39-,40-,41+,47-,48-,49-,50-,55-,56-/m0/s1. The normalized spacial score (nSPS) is 25.1. The molecule has 22 nitrogen and oxygen atoms in total. The number of hydrogen-bond acceptors (Lipinski definition) is 11. The van der Waals surface area contributed by atoms with Gasteiger partial charge in [-0.1, -0.05) is 97.0 Å². The lowest BCUT2D eigenvalue weighted by Gasteiger charge is -2.41. The van der Waals surface area contributed by atoms with Crippen LogP contribution in [0.15, 0.2) is 42.5 Å². The fraction of sp³-hybridized carbons (Fsp3) is 0.657. The molecule has 11 amide bonds. The molecule has 2 aromatic rings. The second-order valence-corrected chi connectivity index (χ2v) is 27.5. The summed E-state index contributed by atoms with van der Waals surface area (Å²) < 4.78 is 115. The first-order valence-corrected chi connectivity index (χ1v) is 33.2. The van der Waals surface area contributed by atoms with Crippen molar-refractivity contribution in [1.29, 1.82) is 0 Å². The Morgan fingerprint density at radius 3 is 1.72 bits per heavy atom. The van der Waals surface area contributed by atoms with Crippen molar-refractivity contribution in [3.63, 3.8) is 0 Å². The van der Waals surface area contributed by atoms with Crippen molar-refractivity contribution in [3.8, 4) is 0 Å². The van der Waals surface area contributed by atoms with E-state index in [1.54, 1.807) is 34.6 Å². The molecule has 2 heterocycles. The monoisotopic (exact) mass is 1420 g/mol. The zero-order chi connectivity index (χ0) is 74.0. The van der Waals surface area contributed by atoms with Gasteiger partial charge in [0.25, 0.3) is 5.92 Å². The Kier molecular flexibility index (Phi) is 27.7. The summed E-state index contributed by atoms with van der Waals surface area (Å²) in [5.41, 5.74) is -3.91. The van der Waals surface area contributed by atoms with Gasteiger partial charge in [-0.05, 0) is 92.2 Å². The predicted molar refractivity (Wildman–Crippen MR) is 346 cm³/mol. The summed E-state index contributed by atoms with van der Waals surface area (Å²) in [7, 11) is 8.96. The first-order valence-electron chi connectivity index (χ1n) is 32.8. The van der Waals surface area contributed by atoms with Gasteiger partial charge in [0.15, 0.2) is 0 Å². The van der Waals surface area contributed by atoms with E-state index in [9.17, 15) is 69.5 Å². The number of likely N-dealkylation sites (N-methyl/N-ethyl adjacent to an activating group) is 7. The number of fused-ring (bicyclic) bond motifs is 1. The third-order valence-electron chi connectivity index (χ3n) is 19.2. The highest BCUT2D eigenvalue weighted by molar-refractivity contribution is 6.31. The molecule has 2 aliphatic heterocycles. The van der Waals surface area contributed by atoms with Crippen LogP contribution in [-0.4, -0.2) is 233 Å². The van der Waals surface area contributed by atoms with Crippen LogP contribution in [-0.2, 0) is 77.9 Å². The molecule has 3 fully saturated rings. The number of amides is 11. The van der Waals surface area contributed by atoms with E-state index in [0.717, 1.165) is 70.1 Å². The minimum Gasteiger partial charge on any atom is -0.343 e. The number of nitrogens with zero attached hydrogens (tertiary/aromatic N) is 8. The van der Waals surface area contributed by atoms with Gasteiger partial charge in [-0.25, -0.2) is 8.78 Å². The molecule has 9 atom stereocenters. The van der Waals surface area contributed by atoms with Crippen molar-refractivity contribution in [2.75, 3.05) is 75.5 Å². The van der Waals surface area contributed by atoms with E-state index in [4.69, 9.17) is 11.6 Å². The maximum absolute atomic E-state index is 16.0. The molecule has 5 rings (SSSR count). The Morgan fingerprint density at radius 2 is 1.17 bits per heavy atom. The van der Waals surface area contributed by atoms with Crippen LogP contribution < -0.4 is 16.0 Å². The lowest BCUT2D eigenvalue weighted by atomic mass is 9.90. The zero-order valence-corrected chi connectivity index (χ0v) is 58.9. The van der Waals surface area contributed by atoms with Gasteiger partial charge in [-0.2, -0.15) is 26.3 Å². The number of aryl methyl sites for hydroxylation is 1. The average Bonchev–Trinajstić information content (AvgIpc) is 1.43. The van der Waals surface area contributed by atoms with Gasteiger partial charge in [0.2, 0.25) is 65.0 Å². The molecule has 3 aliphatic rings. The molecule has 0 unspecified atom stereocenters. The van der Waals surface area contributed by atoms with Crippen molar-refractivity contribution >= 4 is 76.6 Å². The maximum Gasteiger partial charge on any atom is 0.417 e. The smallest absolute Gasteiger partial charge is 0.343 e. The number of halogens is 9. The van der Waals surface area contributed by atoms with Crippen LogP contribution in [0, 0.1) is 17.8 Å². The highest BCUT2D eigenvalue weighted by Gasteiger charge is 2.55. The topological polar surface area (TPSA) is 250 Å². The average molecular weight is 1420 g/mol. The Labute approximate surface area is 572 Å². The van der Waals surface area contributed by atoms with Crippen molar-refractivity contribution in [2.24, 2.45) is 17.8 Å². The molecule has 1 saturated carbocycles. The molecule has 98 heavy (non-hydrogen) atoms. The minimum absolute atomic E-state index is 0.0337. The summed E-state index contributed by atoms with van der Waals surface area (Å²) in [5.74, 6) is -14.8. The first-order chi connectivity index (χ1) is 45.4. The summed E-state index contributed by atoms with van der Waals surface area (Å²) in [6, 6.07) is -3.87. The predicted octanol–water partition coefficient (Wildman–Crippen LogP) is 6.43. The molecule has 2 aromatic carbocycles. The van der Waals surface area contributed by atoms with Crippen LogP contribution in [0.25, 0.3) is 0 Å². The molecular weight excluding hydrogens is 1320 g/mol. The highest BCUT2D eigenvalue weighted by Crippen LogP contribution is 2.39. The second-order valence-electron chi connectivity index (χ2n) is 27.1. The van der Waals surface area contributed by atoms with Crippen LogP contribution in [0.2, 0.25) is 5.02 Å². The number of carbonyl (C=O) groups is 11. The van der Waals surface area contributed by atoms with Gasteiger partial charge in [0.1, 0.15) is 41.8 Å². The molecule has 0 aromatic heterocycles. The van der Waals surface area contributed by atoms with E-state index in [2.05, 4.69) is 16.0 Å². The second kappa shape index (κ2) is 33.5. The molecular formula is C67H94ClF8N11O11. The van der Waals surface area contributed by atoms with E-state index >= 15 is 18.4 Å². The minimum atomic E-state index is -4.88. The van der Waals surface area contributed by atoms with Crippen molar-refractivity contribution in [1.82, 2.24) is 55.1 Å². The van der Waals surface area contributed by atoms with Crippen molar-refractivity contribution in [3.05, 3.63) is 69.7 Å². The van der Waals surface area contributed by atoms with Crippen LogP contribution in [0.3, 0.4) is 0 Å². The van der Waals surface area contributed by atoms with Crippen LogP contribution in [0.1, 0.15) is 135 Å². The Morgan fingerprint density at radius 1 is 0.612 bits per heavy atom. The third-order valence-corrected chi connectivity index (χ3v) is 19.5. The highest BCUT2D eigenvalue weighted by atomic mass is 35.5. The summed E-state index contributed by atoms with van der Waals surface area (Å²) in [5, 5.41) is 7.19. The molecule has 0 bridgehead atoms. The number of carbonyl (C=O) groups excluding carboxylic acids is 11. The van der Waals surface area contributed by atoms with Crippen LogP contribution in [0.4, 0.5) is 35.1 Å². The quantitative estimate of drug-likeness (QED) is 0.207. The number of hydrogen-bond donors (Lipinski definition) is 3. The Hall–Kier alpha value is -7.66. The third kappa shape index (κ3) is 20.3. The van der Waals surface area contributed by atoms with E-state index in [0.29, 0.717) is 36.6 Å². The molecule has 3 N–H and O–H groups in total. The van der Waals surface area contributed by atoms with Crippen LogP contribution in [0.5, 0.6) is 0 Å². The first kappa shape index (κ1) is 81.0. The van der Waals surface area contributed by atoms with Gasteiger partial charge in [-0.3, -0.25) is 52.7 Å². The van der Waals surface area contributed by atoms with Gasteiger partial charge >= 0.3 is 12.4 Å². The lowest BCUT2D eigenvalue weighted by molar-refractivity contribution is -0.153. The largest absolute Gasteiger partial charge is 0.417 e. The molecule has 31 heteroatoms. The summed E-state index contributed by atoms with van der Waals surface area (Å²) >= 11 is 6.04. The Bertz CT molecular complexity index is 3240. The molecule has 2 saturated heterocycles. The van der Waals surface area contributed by atoms with Crippen LogP contribution >= 0.6 is 11.6 Å². The van der Waals surface area contributed by atoms with E-state index in [1.807, 2.05) is 13.8 Å². The molecule has 546 valence electrons. The number of alkyl halides is 8. The molecule has 1 spiro atoms. The lowest BCUT2D eigenvalue weighted by Crippen LogP contribution is -2.64. The van der Waals surface area contributed by atoms with E-state index < -0.39 is 205 Å². The molecule has 0 radical (unpaired) electrons. The number of rotatable bonds is 11. The molecule has 1 aliphatic carbocycles. The van der Waals surface area contributed by atoms with Crippen molar-refractivity contribution < 1.29 is 87.9 Å². The summed E-state index contributed by atoms with van der Waals surface area (Å²) in [6.07, 6.45) is -11.2. The number of nitrogens with one attached hydrogen (secondary N) is 3. The fourth-order valence-corrected chi connectivity index (χ4v) is 12.9. The van der Waals surface area contributed by atoms with Gasteiger partial charge < -0.3 is 55.1 Å². The SMILES string of the molecule is CC[C@H](C)[C@@H]1NC(=O)[C@H](CC(C)C)N(C)C(=O)C[C@@H](C)N(C)C(=O)[C@H]([C@@H](C)CC)N(C)C(=O)C2(CCCC2)NC(=O)[C@@H]2CC(F)(F)CN2C(=O)[C@H](CCc2ccc(C(F)(F)F)c(Cl)c2)NC(=O)CN(C)C(=O)[C@H](Cc2ccc(C(F)(F)F)cc2)N(C)C(=O)CN(C)C(=O)CN(C)C1=O. The zero-order valence-electron chi connectivity index (χ0n) is 58.1. The van der Waals surface area contributed by atoms with Gasteiger partial charge in [-0.15, -0.1) is 0 Å². The Balaban J connectivity index is 1.63. The van der Waals surface area contributed by atoms with E-state index in [1.165, 1.54) is 49.9 Å². The van der Waals surface area contributed by atoms with E-state index in [-0.39, 0.29) is 49.1 Å². The summed E-state index contributed by atoms with van der Waals surface area (Å²) in [4.78, 5) is 168. The van der Waals surface area contributed by atoms with Crippen molar-refractivity contribution in [2.45, 2.75) is 192 Å².